The summed E-state index contributed by atoms with van der Waals surface area (Å²) in [5, 5.41) is 13.8. The molecule has 0 aliphatic carbocycles. The highest BCUT2D eigenvalue weighted by Crippen LogP contribution is 2.47. The molecule has 0 amide bonds. The minimum absolute atomic E-state index is 0.381. The van der Waals surface area contributed by atoms with Crippen LogP contribution in [0, 0.1) is 0 Å². The summed E-state index contributed by atoms with van der Waals surface area (Å²) < 4.78 is 11.2. The lowest BCUT2D eigenvalue weighted by atomic mass is 9.73. The maximum atomic E-state index is 12.6. The zero-order valence-corrected chi connectivity index (χ0v) is 12.0. The van der Waals surface area contributed by atoms with Crippen molar-refractivity contribution >= 4 is 0 Å². The van der Waals surface area contributed by atoms with Gasteiger partial charge in [-0.3, -0.25) is 0 Å². The molecule has 1 radical (unpaired) electrons. The summed E-state index contributed by atoms with van der Waals surface area (Å²) >= 11 is 0. The van der Waals surface area contributed by atoms with Gasteiger partial charge in [-0.1, -0.05) is 13.8 Å². The predicted molar refractivity (Wildman–Crippen MR) is 65.9 cm³/mol. The summed E-state index contributed by atoms with van der Waals surface area (Å²) in [4.78, 5) is 0. The first kappa shape index (κ1) is 14.9. The molecule has 1 aliphatic rings. The van der Waals surface area contributed by atoms with Gasteiger partial charge in [-0.15, -0.1) is 10.3 Å². The van der Waals surface area contributed by atoms with E-state index in [4.69, 9.17) is 9.47 Å². The van der Waals surface area contributed by atoms with Crippen LogP contribution in [-0.2, 0) is 14.7 Å². The third-order valence-electron chi connectivity index (χ3n) is 4.34. The molecule has 0 unspecified atom stereocenters. The minimum atomic E-state index is -0.629. The van der Waals surface area contributed by atoms with Crippen LogP contribution in [0.15, 0.2) is 0 Å². The molecule has 1 rings (SSSR count). The lowest BCUT2D eigenvalue weighted by Gasteiger charge is -2.56. The molecule has 0 aromatic carbocycles. The number of hydrogen-bond donors (Lipinski definition) is 0. The van der Waals surface area contributed by atoms with E-state index in [2.05, 4.69) is 13.8 Å². The van der Waals surface area contributed by atoms with Crippen LogP contribution < -0.4 is 0 Å². The second-order valence-corrected chi connectivity index (χ2v) is 5.71. The topological polar surface area (TPSA) is 41.6 Å². The quantitative estimate of drug-likeness (QED) is 0.714. The Morgan fingerprint density at radius 3 is 1.88 bits per heavy atom. The van der Waals surface area contributed by atoms with E-state index in [0.29, 0.717) is 12.8 Å². The van der Waals surface area contributed by atoms with Crippen LogP contribution in [0.5, 0.6) is 0 Å². The Bertz CT molecular complexity index is 257. The maximum Gasteiger partial charge on any atom is 0.171 e. The van der Waals surface area contributed by atoms with E-state index >= 15 is 0 Å². The van der Waals surface area contributed by atoms with Crippen LogP contribution in [0.3, 0.4) is 0 Å². The molecule has 101 valence electrons. The first-order chi connectivity index (χ1) is 7.81. The van der Waals surface area contributed by atoms with Gasteiger partial charge in [0, 0.05) is 32.6 Å². The molecule has 1 fully saturated rings. The fourth-order valence-electron chi connectivity index (χ4n) is 3.17. The van der Waals surface area contributed by atoms with Gasteiger partial charge in [-0.2, -0.15) is 0 Å². The number of nitrogens with zero attached hydrogens (tertiary/aromatic N) is 1. The lowest BCUT2D eigenvalue weighted by Crippen LogP contribution is -2.66. The molecule has 0 aromatic heterocycles. The fraction of sp³-hybridized carbons (Fsp3) is 1.00. The summed E-state index contributed by atoms with van der Waals surface area (Å²) in [5.41, 5.74) is -0.843. The van der Waals surface area contributed by atoms with E-state index in [1.165, 1.54) is 5.06 Å². The molecule has 1 heterocycles. The zero-order valence-electron chi connectivity index (χ0n) is 12.0. The molecule has 0 aromatic rings. The van der Waals surface area contributed by atoms with Crippen LogP contribution in [-0.4, -0.2) is 36.1 Å². The third kappa shape index (κ3) is 2.36. The van der Waals surface area contributed by atoms with E-state index < -0.39 is 11.3 Å². The number of hydrogen-bond acceptors (Lipinski definition) is 3. The average molecular weight is 244 g/mol. The summed E-state index contributed by atoms with van der Waals surface area (Å²) in [7, 11) is 3.33. The van der Waals surface area contributed by atoms with Gasteiger partial charge in [0.2, 0.25) is 0 Å². The Morgan fingerprint density at radius 2 is 1.53 bits per heavy atom. The standard InChI is InChI=1S/C13H26NO3/c1-7-12(8-2)10-13(16-5,17-6)9-11(3,4)14(12)15/h7-10H2,1-6H3. The highest BCUT2D eigenvalue weighted by atomic mass is 16.7. The van der Waals surface area contributed by atoms with Gasteiger partial charge < -0.3 is 9.47 Å². The average Bonchev–Trinajstić information content (AvgIpc) is 2.33. The Kier molecular flexibility index (Phi) is 4.24. The molecule has 0 spiro atoms. The molecule has 0 atom stereocenters. The molecule has 4 nitrogen and oxygen atoms in total. The Labute approximate surface area is 105 Å². The summed E-state index contributed by atoms with van der Waals surface area (Å²) in [6.07, 6.45) is 2.85. The van der Waals surface area contributed by atoms with Crippen molar-refractivity contribution in [3.05, 3.63) is 0 Å². The molecular formula is C13H26NO3. The van der Waals surface area contributed by atoms with E-state index in [1.807, 2.05) is 13.8 Å². The molecule has 4 heteroatoms. The molecule has 0 saturated carbocycles. The van der Waals surface area contributed by atoms with Crippen LogP contribution in [0.25, 0.3) is 0 Å². The Hall–Kier alpha value is -0.160. The van der Waals surface area contributed by atoms with E-state index in [-0.39, 0.29) is 5.54 Å². The van der Waals surface area contributed by atoms with Gasteiger partial charge in [-0.25, -0.2) is 0 Å². The fourth-order valence-corrected chi connectivity index (χ4v) is 3.17. The van der Waals surface area contributed by atoms with Crippen molar-refractivity contribution in [3.63, 3.8) is 0 Å². The van der Waals surface area contributed by atoms with Crippen molar-refractivity contribution in [2.24, 2.45) is 0 Å². The zero-order chi connectivity index (χ0) is 13.3. The second kappa shape index (κ2) is 4.84. The summed E-state index contributed by atoms with van der Waals surface area (Å²) in [6.45, 7) is 8.05. The van der Waals surface area contributed by atoms with Crippen molar-refractivity contribution in [2.45, 2.75) is 70.2 Å². The summed E-state index contributed by atoms with van der Waals surface area (Å²) in [5.74, 6) is -0.629. The highest BCUT2D eigenvalue weighted by molar-refractivity contribution is 5.03. The minimum Gasteiger partial charge on any atom is -0.353 e. The van der Waals surface area contributed by atoms with Gasteiger partial charge in [0.25, 0.3) is 0 Å². The van der Waals surface area contributed by atoms with E-state index in [9.17, 15) is 5.21 Å². The SMILES string of the molecule is CCC1(CC)CC(OC)(OC)CC(C)(C)N1[O]. The molecule has 0 N–H and O–H groups in total. The van der Waals surface area contributed by atoms with Crippen LogP contribution in [0.4, 0.5) is 0 Å². The van der Waals surface area contributed by atoms with Crippen LogP contribution >= 0.6 is 0 Å². The lowest BCUT2D eigenvalue weighted by molar-refractivity contribution is -0.361. The number of rotatable bonds is 4. The highest BCUT2D eigenvalue weighted by Gasteiger charge is 2.56. The van der Waals surface area contributed by atoms with Gasteiger partial charge >= 0.3 is 0 Å². The normalized spacial score (nSPS) is 27.0. The van der Waals surface area contributed by atoms with Crippen molar-refractivity contribution in [1.29, 1.82) is 0 Å². The largest absolute Gasteiger partial charge is 0.353 e. The van der Waals surface area contributed by atoms with Crippen molar-refractivity contribution in [1.82, 2.24) is 5.06 Å². The summed E-state index contributed by atoms with van der Waals surface area (Å²) in [6, 6.07) is 0. The molecule has 17 heavy (non-hydrogen) atoms. The molecule has 0 bridgehead atoms. The number of hydroxylamine groups is 2. The molecule has 1 saturated heterocycles. The van der Waals surface area contributed by atoms with E-state index in [1.54, 1.807) is 14.2 Å². The monoisotopic (exact) mass is 244 g/mol. The number of methoxy groups -OCH3 is 2. The van der Waals surface area contributed by atoms with Gasteiger partial charge in [-0.05, 0) is 26.7 Å². The first-order valence-corrected chi connectivity index (χ1v) is 6.39. The third-order valence-corrected chi connectivity index (χ3v) is 4.34. The predicted octanol–water partition coefficient (Wildman–Crippen LogP) is 2.75. The van der Waals surface area contributed by atoms with E-state index in [0.717, 1.165) is 12.8 Å². The van der Waals surface area contributed by atoms with Gasteiger partial charge in [0.15, 0.2) is 5.79 Å². The Morgan fingerprint density at radius 1 is 1.06 bits per heavy atom. The van der Waals surface area contributed by atoms with Crippen molar-refractivity contribution in [2.75, 3.05) is 14.2 Å². The van der Waals surface area contributed by atoms with Gasteiger partial charge in [0.1, 0.15) is 0 Å². The van der Waals surface area contributed by atoms with Gasteiger partial charge in [0.05, 0.1) is 5.54 Å². The van der Waals surface area contributed by atoms with Crippen LogP contribution in [0.2, 0.25) is 0 Å². The maximum absolute atomic E-state index is 12.6. The van der Waals surface area contributed by atoms with Crippen molar-refractivity contribution < 1.29 is 14.7 Å². The molecular weight excluding hydrogens is 218 g/mol. The van der Waals surface area contributed by atoms with Crippen LogP contribution in [0.1, 0.15) is 53.4 Å². The number of ether oxygens (including phenoxy) is 2. The molecule has 1 aliphatic heterocycles. The van der Waals surface area contributed by atoms with Crippen molar-refractivity contribution in [3.8, 4) is 0 Å². The smallest absolute Gasteiger partial charge is 0.171 e. The number of piperidine rings is 1. The first-order valence-electron chi connectivity index (χ1n) is 6.39. The Balaban J connectivity index is 3.15. The second-order valence-electron chi connectivity index (χ2n) is 5.71.